The maximum atomic E-state index is 12.2. The molecule has 0 bridgehead atoms. The summed E-state index contributed by atoms with van der Waals surface area (Å²) in [5, 5.41) is 2.79. The minimum absolute atomic E-state index is 0.221. The molecule has 6 nitrogen and oxygen atoms in total. The number of ether oxygens (including phenoxy) is 3. The van der Waals surface area contributed by atoms with Gasteiger partial charge in [0.25, 0.3) is 5.91 Å². The molecule has 148 valence electrons. The highest BCUT2D eigenvalue weighted by Gasteiger charge is 2.19. The van der Waals surface area contributed by atoms with Crippen LogP contribution in [0.25, 0.3) is 0 Å². The summed E-state index contributed by atoms with van der Waals surface area (Å²) in [6.07, 6.45) is 8.07. The number of benzene rings is 1. The van der Waals surface area contributed by atoms with Crippen LogP contribution in [0.15, 0.2) is 18.2 Å². The normalized spacial score (nSPS) is 17.4. The van der Waals surface area contributed by atoms with Gasteiger partial charge < -0.3 is 19.5 Å². The molecule has 2 aliphatic rings. The van der Waals surface area contributed by atoms with Crippen LogP contribution < -0.4 is 14.8 Å². The largest absolute Gasteiger partial charge is 0.454 e. The molecule has 1 heterocycles. The zero-order chi connectivity index (χ0) is 19.1. The van der Waals surface area contributed by atoms with E-state index < -0.39 is 6.10 Å². The monoisotopic (exact) mass is 375 g/mol. The summed E-state index contributed by atoms with van der Waals surface area (Å²) in [7, 11) is 0. The molecule has 1 atom stereocenters. The molecular weight excluding hydrogens is 346 g/mol. The molecule has 1 aromatic rings. The Morgan fingerprint density at radius 1 is 1.19 bits per heavy atom. The quantitative estimate of drug-likeness (QED) is 0.701. The van der Waals surface area contributed by atoms with Crippen LogP contribution in [0.3, 0.4) is 0 Å². The summed E-state index contributed by atoms with van der Waals surface area (Å²) in [5.41, 5.74) is 0.901. The topological polar surface area (TPSA) is 73.9 Å². The highest BCUT2D eigenvalue weighted by atomic mass is 16.7. The van der Waals surface area contributed by atoms with Gasteiger partial charge in [-0.3, -0.25) is 9.59 Å². The minimum Gasteiger partial charge on any atom is -0.454 e. The third kappa shape index (κ3) is 5.88. The first-order chi connectivity index (χ1) is 13.1. The van der Waals surface area contributed by atoms with Crippen LogP contribution in [-0.2, 0) is 20.9 Å². The van der Waals surface area contributed by atoms with Crippen molar-refractivity contribution in [2.24, 2.45) is 5.92 Å². The second kappa shape index (κ2) is 9.62. The first-order valence-corrected chi connectivity index (χ1v) is 9.97. The van der Waals surface area contributed by atoms with Gasteiger partial charge in [-0.2, -0.15) is 0 Å². The first-order valence-electron chi connectivity index (χ1n) is 9.97. The van der Waals surface area contributed by atoms with Crippen molar-refractivity contribution < 1.29 is 23.8 Å². The van der Waals surface area contributed by atoms with Crippen molar-refractivity contribution in [3.63, 3.8) is 0 Å². The lowest BCUT2D eigenvalue weighted by atomic mass is 9.86. The number of rotatable bonds is 8. The third-order valence-corrected chi connectivity index (χ3v) is 5.30. The van der Waals surface area contributed by atoms with Crippen molar-refractivity contribution >= 4 is 11.9 Å². The molecule has 3 rings (SSSR count). The van der Waals surface area contributed by atoms with E-state index in [1.807, 2.05) is 18.2 Å². The molecule has 1 unspecified atom stereocenters. The van der Waals surface area contributed by atoms with E-state index in [0.29, 0.717) is 24.5 Å². The van der Waals surface area contributed by atoms with Gasteiger partial charge in [0.1, 0.15) is 0 Å². The highest BCUT2D eigenvalue weighted by molar-refractivity contribution is 5.83. The second-order valence-electron chi connectivity index (χ2n) is 7.43. The summed E-state index contributed by atoms with van der Waals surface area (Å²) >= 11 is 0. The fourth-order valence-electron chi connectivity index (χ4n) is 3.70. The second-order valence-corrected chi connectivity index (χ2v) is 7.43. The lowest BCUT2D eigenvalue weighted by molar-refractivity contribution is -0.155. The van der Waals surface area contributed by atoms with Gasteiger partial charge in [0, 0.05) is 13.0 Å². The summed E-state index contributed by atoms with van der Waals surface area (Å²) in [4.78, 5) is 24.1. The van der Waals surface area contributed by atoms with Crippen LogP contribution in [0.4, 0.5) is 0 Å². The lowest BCUT2D eigenvalue weighted by Crippen LogP contribution is -2.35. The maximum Gasteiger partial charge on any atom is 0.306 e. The van der Waals surface area contributed by atoms with Crippen molar-refractivity contribution in [1.29, 1.82) is 0 Å². The zero-order valence-corrected chi connectivity index (χ0v) is 16.0. The van der Waals surface area contributed by atoms with E-state index in [-0.39, 0.29) is 18.7 Å². The van der Waals surface area contributed by atoms with E-state index >= 15 is 0 Å². The van der Waals surface area contributed by atoms with E-state index in [2.05, 4.69) is 5.32 Å². The average Bonchev–Trinajstić information content (AvgIpc) is 3.14. The fourth-order valence-corrected chi connectivity index (χ4v) is 3.70. The smallest absolute Gasteiger partial charge is 0.306 e. The molecule has 1 N–H and O–H groups in total. The van der Waals surface area contributed by atoms with Crippen LogP contribution in [0, 0.1) is 5.92 Å². The van der Waals surface area contributed by atoms with Crippen LogP contribution in [0.1, 0.15) is 63.9 Å². The zero-order valence-electron chi connectivity index (χ0n) is 16.0. The number of esters is 1. The summed E-state index contributed by atoms with van der Waals surface area (Å²) < 4.78 is 15.9. The number of carbonyl (C=O) groups is 2. The van der Waals surface area contributed by atoms with Gasteiger partial charge >= 0.3 is 5.97 Å². The molecule has 1 aromatic carbocycles. The number of hydrogen-bond acceptors (Lipinski definition) is 5. The van der Waals surface area contributed by atoms with Crippen LogP contribution in [0.5, 0.6) is 11.5 Å². The van der Waals surface area contributed by atoms with E-state index in [0.717, 1.165) is 24.3 Å². The van der Waals surface area contributed by atoms with Crippen molar-refractivity contribution in [1.82, 2.24) is 5.32 Å². The number of nitrogens with one attached hydrogen (secondary N) is 1. The number of hydrogen-bond donors (Lipinski definition) is 1. The molecule has 1 amide bonds. The number of carbonyl (C=O) groups excluding carboxylic acids is 2. The fraction of sp³-hybridized carbons (Fsp3) is 0.619. The van der Waals surface area contributed by atoms with E-state index in [4.69, 9.17) is 14.2 Å². The van der Waals surface area contributed by atoms with Gasteiger partial charge in [-0.15, -0.1) is 0 Å². The molecule has 0 aromatic heterocycles. The minimum atomic E-state index is -0.791. The molecule has 1 aliphatic heterocycles. The maximum absolute atomic E-state index is 12.2. The molecule has 1 saturated carbocycles. The predicted octanol–water partition coefficient (Wildman–Crippen LogP) is 3.71. The van der Waals surface area contributed by atoms with Gasteiger partial charge in [-0.1, -0.05) is 38.2 Å². The Kier molecular flexibility index (Phi) is 6.96. The van der Waals surface area contributed by atoms with Crippen molar-refractivity contribution in [2.75, 3.05) is 6.79 Å². The summed E-state index contributed by atoms with van der Waals surface area (Å²) in [5.74, 6) is 1.55. The van der Waals surface area contributed by atoms with Crippen molar-refractivity contribution in [2.45, 2.75) is 70.9 Å². The molecule has 6 heteroatoms. The van der Waals surface area contributed by atoms with Gasteiger partial charge in [0.2, 0.25) is 6.79 Å². The average molecular weight is 375 g/mol. The van der Waals surface area contributed by atoms with Crippen LogP contribution in [-0.4, -0.2) is 24.8 Å². The van der Waals surface area contributed by atoms with Crippen LogP contribution >= 0.6 is 0 Å². The SMILES string of the molecule is CC(OC(=O)CCCC1CCCCC1)C(=O)NCc1ccc2c(c1)OCO2. The Morgan fingerprint density at radius 2 is 1.96 bits per heavy atom. The number of amides is 1. The predicted molar refractivity (Wildman–Crippen MR) is 100 cm³/mol. The molecule has 0 saturated heterocycles. The number of fused-ring (bicyclic) bond motifs is 1. The summed E-state index contributed by atoms with van der Waals surface area (Å²) in [6, 6.07) is 5.53. The Balaban J connectivity index is 1.33. The Morgan fingerprint density at radius 3 is 2.78 bits per heavy atom. The Bertz CT molecular complexity index is 654. The molecule has 0 spiro atoms. The van der Waals surface area contributed by atoms with Gasteiger partial charge in [-0.25, -0.2) is 0 Å². The molecule has 1 fully saturated rings. The molecule has 1 aliphatic carbocycles. The van der Waals surface area contributed by atoms with Gasteiger partial charge in [0.15, 0.2) is 17.6 Å². The molecular formula is C21H29NO5. The Hall–Kier alpha value is -2.24. The van der Waals surface area contributed by atoms with Gasteiger partial charge in [0.05, 0.1) is 0 Å². The van der Waals surface area contributed by atoms with Crippen LogP contribution in [0.2, 0.25) is 0 Å². The van der Waals surface area contributed by atoms with E-state index in [9.17, 15) is 9.59 Å². The lowest BCUT2D eigenvalue weighted by Gasteiger charge is -2.21. The summed E-state index contributed by atoms with van der Waals surface area (Å²) in [6.45, 7) is 2.17. The van der Waals surface area contributed by atoms with E-state index in [1.165, 1.54) is 32.1 Å². The first kappa shape index (κ1) is 19.5. The molecule has 27 heavy (non-hydrogen) atoms. The standard InChI is InChI=1S/C21H29NO5/c1-15(27-20(23)9-5-8-16-6-3-2-4-7-16)21(24)22-13-17-10-11-18-19(12-17)26-14-25-18/h10-12,15-16H,2-9,13-14H2,1H3,(H,22,24). The van der Waals surface area contributed by atoms with Crippen molar-refractivity contribution in [3.8, 4) is 11.5 Å². The Labute approximate surface area is 160 Å². The third-order valence-electron chi connectivity index (χ3n) is 5.30. The molecule has 0 radical (unpaired) electrons. The highest BCUT2D eigenvalue weighted by Crippen LogP contribution is 2.32. The van der Waals surface area contributed by atoms with E-state index in [1.54, 1.807) is 6.92 Å². The van der Waals surface area contributed by atoms with Gasteiger partial charge in [-0.05, 0) is 43.4 Å². The van der Waals surface area contributed by atoms with Crippen molar-refractivity contribution in [3.05, 3.63) is 23.8 Å².